The molecule has 0 saturated carbocycles. The van der Waals surface area contributed by atoms with Gasteiger partial charge in [0.1, 0.15) is 11.9 Å². The van der Waals surface area contributed by atoms with Gasteiger partial charge in [-0.3, -0.25) is 14.2 Å². The van der Waals surface area contributed by atoms with E-state index >= 15 is 0 Å². The van der Waals surface area contributed by atoms with Gasteiger partial charge in [-0.05, 0) is 67.8 Å². The third-order valence-corrected chi connectivity index (χ3v) is 5.96. The van der Waals surface area contributed by atoms with Gasteiger partial charge < -0.3 is 5.32 Å². The summed E-state index contributed by atoms with van der Waals surface area (Å²) in [5.74, 6) is -0.747. The molecule has 0 spiro atoms. The first-order valence-corrected chi connectivity index (χ1v) is 10.6. The number of para-hydroxylation sites is 1. The lowest BCUT2D eigenvalue weighted by Crippen LogP contribution is -2.43. The van der Waals surface area contributed by atoms with Gasteiger partial charge in [0.2, 0.25) is 5.91 Å². The zero-order chi connectivity index (χ0) is 23.7. The Morgan fingerprint density at radius 2 is 1.67 bits per heavy atom. The minimum absolute atomic E-state index is 0.187. The molecule has 0 aliphatic heterocycles. The van der Waals surface area contributed by atoms with Crippen molar-refractivity contribution in [2.75, 3.05) is 0 Å². The molecule has 3 aromatic carbocycles. The standard InChI is InChI=1S/C26H24FN3O3/c1-16-7-6-10-22(17(16)2)30-25(32)21-8-4-5-9-23(21)29(26(30)33)18(3)24(31)28-15-19-11-13-20(27)14-12-19/h4-14,18H,15H2,1-3H3,(H,28,31)/t18-/m1/s1. The first-order valence-electron chi connectivity index (χ1n) is 10.6. The van der Waals surface area contributed by atoms with E-state index in [1.165, 1.54) is 16.7 Å². The van der Waals surface area contributed by atoms with Crippen LogP contribution in [0.1, 0.15) is 29.7 Å². The summed E-state index contributed by atoms with van der Waals surface area (Å²) in [4.78, 5) is 39.9. The molecule has 1 aromatic heterocycles. The van der Waals surface area contributed by atoms with Crippen molar-refractivity contribution in [3.8, 4) is 5.69 Å². The fourth-order valence-corrected chi connectivity index (χ4v) is 3.90. The lowest BCUT2D eigenvalue weighted by molar-refractivity contribution is -0.124. The molecular formula is C26H24FN3O3. The molecule has 7 heteroatoms. The Bertz CT molecular complexity index is 1470. The number of nitrogens with one attached hydrogen (secondary N) is 1. The van der Waals surface area contributed by atoms with Crippen LogP contribution in [-0.4, -0.2) is 15.0 Å². The molecule has 0 saturated heterocycles. The number of aryl methyl sites for hydroxylation is 1. The van der Waals surface area contributed by atoms with Gasteiger partial charge in [0, 0.05) is 6.54 Å². The summed E-state index contributed by atoms with van der Waals surface area (Å²) in [5, 5.41) is 3.14. The van der Waals surface area contributed by atoms with Crippen molar-refractivity contribution in [3.63, 3.8) is 0 Å². The number of carbonyl (C=O) groups excluding carboxylic acids is 1. The minimum Gasteiger partial charge on any atom is -0.350 e. The topological polar surface area (TPSA) is 73.1 Å². The van der Waals surface area contributed by atoms with Crippen LogP contribution in [0.25, 0.3) is 16.6 Å². The molecule has 0 aliphatic carbocycles. The van der Waals surface area contributed by atoms with Gasteiger partial charge in [0.15, 0.2) is 0 Å². The first-order chi connectivity index (χ1) is 15.8. The molecule has 33 heavy (non-hydrogen) atoms. The van der Waals surface area contributed by atoms with E-state index in [1.807, 2.05) is 19.9 Å². The Labute approximate surface area is 189 Å². The first kappa shape index (κ1) is 22.2. The van der Waals surface area contributed by atoms with Crippen LogP contribution < -0.4 is 16.6 Å². The lowest BCUT2D eigenvalue weighted by atomic mass is 10.1. The minimum atomic E-state index is -0.889. The highest BCUT2D eigenvalue weighted by Gasteiger charge is 2.23. The highest BCUT2D eigenvalue weighted by molar-refractivity contribution is 5.84. The summed E-state index contributed by atoms with van der Waals surface area (Å²) < 4.78 is 15.6. The Balaban J connectivity index is 1.82. The molecule has 0 bridgehead atoms. The molecule has 1 amide bonds. The maximum atomic E-state index is 13.6. The predicted octanol–water partition coefficient (Wildman–Crippen LogP) is 3.79. The van der Waals surface area contributed by atoms with E-state index in [0.717, 1.165) is 21.3 Å². The fourth-order valence-electron chi connectivity index (χ4n) is 3.90. The molecule has 0 radical (unpaired) electrons. The van der Waals surface area contributed by atoms with Crippen molar-refractivity contribution in [2.45, 2.75) is 33.4 Å². The Kier molecular flexibility index (Phi) is 5.96. The van der Waals surface area contributed by atoms with Crippen molar-refractivity contribution < 1.29 is 9.18 Å². The maximum absolute atomic E-state index is 13.6. The SMILES string of the molecule is Cc1cccc(-n2c(=O)c3ccccc3n([C@H](C)C(=O)NCc3ccc(F)cc3)c2=O)c1C. The van der Waals surface area contributed by atoms with E-state index in [4.69, 9.17) is 0 Å². The number of rotatable bonds is 5. The molecule has 4 rings (SSSR count). The van der Waals surface area contributed by atoms with E-state index in [9.17, 15) is 18.8 Å². The van der Waals surface area contributed by atoms with Crippen molar-refractivity contribution in [1.29, 1.82) is 0 Å². The second kappa shape index (κ2) is 8.86. The third-order valence-electron chi connectivity index (χ3n) is 5.96. The molecule has 6 nitrogen and oxygen atoms in total. The second-order valence-corrected chi connectivity index (χ2v) is 8.05. The number of carbonyl (C=O) groups is 1. The smallest absolute Gasteiger partial charge is 0.336 e. The number of hydrogen-bond acceptors (Lipinski definition) is 3. The summed E-state index contributed by atoms with van der Waals surface area (Å²) in [5.41, 5.74) is 2.35. The summed E-state index contributed by atoms with van der Waals surface area (Å²) in [7, 11) is 0. The average molecular weight is 445 g/mol. The van der Waals surface area contributed by atoms with Gasteiger partial charge >= 0.3 is 5.69 Å². The fraction of sp³-hybridized carbons (Fsp3) is 0.192. The molecular weight excluding hydrogens is 421 g/mol. The Hall–Kier alpha value is -4.00. The molecule has 0 fully saturated rings. The normalized spacial score (nSPS) is 12.0. The number of benzene rings is 3. The molecule has 1 atom stereocenters. The number of halogens is 1. The number of nitrogens with zero attached hydrogens (tertiary/aromatic N) is 2. The molecule has 1 N–H and O–H groups in total. The van der Waals surface area contributed by atoms with Crippen LogP contribution in [0.5, 0.6) is 0 Å². The molecule has 4 aromatic rings. The number of aromatic nitrogens is 2. The average Bonchev–Trinajstić information content (AvgIpc) is 2.81. The zero-order valence-corrected chi connectivity index (χ0v) is 18.6. The van der Waals surface area contributed by atoms with E-state index in [1.54, 1.807) is 55.5 Å². The van der Waals surface area contributed by atoms with E-state index < -0.39 is 23.2 Å². The second-order valence-electron chi connectivity index (χ2n) is 8.05. The largest absolute Gasteiger partial charge is 0.350 e. The Morgan fingerprint density at radius 3 is 2.39 bits per heavy atom. The van der Waals surface area contributed by atoms with Crippen LogP contribution >= 0.6 is 0 Å². The van der Waals surface area contributed by atoms with Crippen LogP contribution in [0.2, 0.25) is 0 Å². The quantitative estimate of drug-likeness (QED) is 0.508. The third kappa shape index (κ3) is 4.09. The van der Waals surface area contributed by atoms with Crippen LogP contribution in [0, 0.1) is 19.7 Å². The monoisotopic (exact) mass is 445 g/mol. The van der Waals surface area contributed by atoms with Gasteiger partial charge in [0.25, 0.3) is 5.56 Å². The number of fused-ring (bicyclic) bond motifs is 1. The van der Waals surface area contributed by atoms with Crippen LogP contribution in [0.3, 0.4) is 0 Å². The van der Waals surface area contributed by atoms with Crippen molar-refractivity contribution in [1.82, 2.24) is 14.5 Å². The van der Waals surface area contributed by atoms with Crippen molar-refractivity contribution >= 4 is 16.8 Å². The number of hydrogen-bond donors (Lipinski definition) is 1. The van der Waals surface area contributed by atoms with Gasteiger partial charge in [-0.1, -0.05) is 36.4 Å². The highest BCUT2D eigenvalue weighted by atomic mass is 19.1. The summed E-state index contributed by atoms with van der Waals surface area (Å²) in [6, 6.07) is 17.1. The van der Waals surface area contributed by atoms with Gasteiger partial charge in [0.05, 0.1) is 16.6 Å². The number of amides is 1. The van der Waals surface area contributed by atoms with Gasteiger partial charge in [-0.25, -0.2) is 13.8 Å². The van der Waals surface area contributed by atoms with Crippen LogP contribution in [0.4, 0.5) is 4.39 Å². The summed E-state index contributed by atoms with van der Waals surface area (Å²) in [6.07, 6.45) is 0. The molecule has 0 unspecified atom stereocenters. The van der Waals surface area contributed by atoms with Gasteiger partial charge in [-0.15, -0.1) is 0 Å². The molecule has 168 valence electrons. The van der Waals surface area contributed by atoms with Crippen molar-refractivity contribution in [2.24, 2.45) is 0 Å². The summed E-state index contributed by atoms with van der Waals surface area (Å²) in [6.45, 7) is 5.57. The van der Waals surface area contributed by atoms with E-state index in [0.29, 0.717) is 16.6 Å². The predicted molar refractivity (Wildman–Crippen MR) is 126 cm³/mol. The van der Waals surface area contributed by atoms with Crippen molar-refractivity contribution in [3.05, 3.63) is 110 Å². The van der Waals surface area contributed by atoms with Crippen LogP contribution in [-0.2, 0) is 11.3 Å². The highest BCUT2D eigenvalue weighted by Crippen LogP contribution is 2.18. The van der Waals surface area contributed by atoms with Gasteiger partial charge in [-0.2, -0.15) is 0 Å². The molecule has 1 heterocycles. The zero-order valence-electron chi connectivity index (χ0n) is 18.6. The van der Waals surface area contributed by atoms with E-state index in [-0.39, 0.29) is 12.4 Å². The van der Waals surface area contributed by atoms with E-state index in [2.05, 4.69) is 5.32 Å². The lowest BCUT2D eigenvalue weighted by Gasteiger charge is -2.20. The summed E-state index contributed by atoms with van der Waals surface area (Å²) >= 11 is 0. The molecule has 0 aliphatic rings. The Morgan fingerprint density at radius 1 is 0.970 bits per heavy atom. The maximum Gasteiger partial charge on any atom is 0.336 e. The van der Waals surface area contributed by atoms with Crippen LogP contribution in [0.15, 0.2) is 76.3 Å².